The summed E-state index contributed by atoms with van der Waals surface area (Å²) >= 11 is 2.45. The van der Waals surface area contributed by atoms with Gasteiger partial charge in [-0.25, -0.2) is 0 Å². The van der Waals surface area contributed by atoms with Crippen molar-refractivity contribution in [3.05, 3.63) is 62.8 Å². The van der Waals surface area contributed by atoms with Gasteiger partial charge in [-0.2, -0.15) is 5.26 Å². The second-order valence-electron chi connectivity index (χ2n) is 7.16. The van der Waals surface area contributed by atoms with E-state index in [1.807, 2.05) is 42.6 Å². The Bertz CT molecular complexity index is 1030. The normalized spacial score (nSPS) is 23.4. The predicted molar refractivity (Wildman–Crippen MR) is 118 cm³/mol. The highest BCUT2D eigenvalue weighted by atomic mass is 32.2. The monoisotopic (exact) mass is 442 g/mol. The first-order valence-electron chi connectivity index (χ1n) is 9.20. The van der Waals surface area contributed by atoms with Gasteiger partial charge in [0.25, 0.3) is 0 Å². The third-order valence-electron chi connectivity index (χ3n) is 4.88. The summed E-state index contributed by atoms with van der Waals surface area (Å²) < 4.78 is 0. The van der Waals surface area contributed by atoms with E-state index in [1.54, 1.807) is 6.07 Å². The summed E-state index contributed by atoms with van der Waals surface area (Å²) in [4.78, 5) is 25.4. The summed E-state index contributed by atoms with van der Waals surface area (Å²) in [5, 5.41) is 29.1. The zero-order valence-corrected chi connectivity index (χ0v) is 18.1. The third kappa shape index (κ3) is 4.51. The molecule has 0 saturated heterocycles. The highest BCUT2D eigenvalue weighted by molar-refractivity contribution is 8.03. The van der Waals surface area contributed by atoms with Gasteiger partial charge < -0.3 is 21.5 Å². The Morgan fingerprint density at radius 2 is 2.10 bits per heavy atom. The minimum absolute atomic E-state index is 0.0547. The van der Waals surface area contributed by atoms with Crippen molar-refractivity contribution in [1.82, 2.24) is 5.32 Å². The lowest BCUT2D eigenvalue weighted by molar-refractivity contribution is -0.131. The SMILES string of the molecule is Cc1ccccc1NC(=O)[C@H]1[C@@H](c2cccs2)C(C#N)=C(SCC(N)=O)N[C@@]1(C)O. The van der Waals surface area contributed by atoms with E-state index in [9.17, 15) is 20.0 Å². The van der Waals surface area contributed by atoms with Crippen molar-refractivity contribution in [2.45, 2.75) is 25.5 Å². The van der Waals surface area contributed by atoms with Crippen LogP contribution in [0.4, 0.5) is 5.69 Å². The van der Waals surface area contributed by atoms with Crippen molar-refractivity contribution in [3.63, 3.8) is 0 Å². The van der Waals surface area contributed by atoms with Gasteiger partial charge in [0.2, 0.25) is 11.8 Å². The van der Waals surface area contributed by atoms with E-state index in [0.717, 1.165) is 22.2 Å². The van der Waals surface area contributed by atoms with Gasteiger partial charge >= 0.3 is 0 Å². The number of aliphatic hydroxyl groups is 1. The fourth-order valence-electron chi connectivity index (χ4n) is 3.49. The largest absolute Gasteiger partial charge is 0.370 e. The maximum absolute atomic E-state index is 13.4. The summed E-state index contributed by atoms with van der Waals surface area (Å²) in [6, 6.07) is 13.2. The van der Waals surface area contributed by atoms with Crippen molar-refractivity contribution < 1.29 is 14.7 Å². The molecule has 3 rings (SSSR count). The molecule has 0 saturated carbocycles. The number of nitrogens with zero attached hydrogens (tertiary/aromatic N) is 1. The van der Waals surface area contributed by atoms with Crippen LogP contribution in [0.3, 0.4) is 0 Å². The Kier molecular flexibility index (Phi) is 6.51. The van der Waals surface area contributed by atoms with Gasteiger partial charge in [0.1, 0.15) is 5.72 Å². The van der Waals surface area contributed by atoms with Crippen LogP contribution in [0.15, 0.2) is 52.4 Å². The van der Waals surface area contributed by atoms with Crippen molar-refractivity contribution in [1.29, 1.82) is 5.26 Å². The minimum Gasteiger partial charge on any atom is -0.370 e. The highest BCUT2D eigenvalue weighted by Crippen LogP contribution is 2.46. The Labute approximate surface area is 183 Å². The number of rotatable bonds is 6. The molecule has 1 aromatic heterocycles. The van der Waals surface area contributed by atoms with Gasteiger partial charge in [0.05, 0.1) is 28.3 Å². The third-order valence-corrected chi connectivity index (χ3v) is 6.87. The second-order valence-corrected chi connectivity index (χ2v) is 9.12. The maximum atomic E-state index is 13.4. The van der Waals surface area contributed by atoms with E-state index in [-0.39, 0.29) is 5.75 Å². The molecule has 2 heterocycles. The molecular formula is C21H22N4O3S2. The zero-order valence-electron chi connectivity index (χ0n) is 16.5. The zero-order chi connectivity index (χ0) is 21.9. The van der Waals surface area contributed by atoms with Crippen molar-refractivity contribution in [2.75, 3.05) is 11.1 Å². The van der Waals surface area contributed by atoms with E-state index >= 15 is 0 Å². The number of hydrogen-bond acceptors (Lipinski definition) is 7. The molecule has 0 bridgehead atoms. The van der Waals surface area contributed by atoms with E-state index in [2.05, 4.69) is 16.7 Å². The molecule has 30 heavy (non-hydrogen) atoms. The van der Waals surface area contributed by atoms with E-state index in [4.69, 9.17) is 5.73 Å². The van der Waals surface area contributed by atoms with Gasteiger partial charge in [0, 0.05) is 16.5 Å². The van der Waals surface area contributed by atoms with Crippen LogP contribution in [0.5, 0.6) is 0 Å². The van der Waals surface area contributed by atoms with Gasteiger partial charge in [-0.15, -0.1) is 11.3 Å². The number of carbonyl (C=O) groups is 2. The number of aryl methyl sites for hydroxylation is 1. The number of nitriles is 1. The van der Waals surface area contributed by atoms with Crippen LogP contribution >= 0.6 is 23.1 Å². The number of nitrogens with two attached hydrogens (primary N) is 1. The molecule has 0 unspecified atom stereocenters. The average molecular weight is 443 g/mol. The Hall–Kier alpha value is -2.80. The summed E-state index contributed by atoms with van der Waals surface area (Å²) in [5.74, 6) is -2.67. The standard InChI is InChI=1S/C21H22N4O3S2/c1-12-6-3-4-7-14(12)24-19(27)18-17(15-8-5-9-29-15)13(10-22)20(25-21(18,2)28)30-11-16(23)26/h3-9,17-18,25,28H,11H2,1-2H3,(H2,23,26)(H,24,27)/t17-,18-,21+/m1/s1. The predicted octanol–water partition coefficient (Wildman–Crippen LogP) is 2.66. The van der Waals surface area contributed by atoms with Crippen molar-refractivity contribution >= 4 is 40.6 Å². The Balaban J connectivity index is 2.06. The fraction of sp³-hybridized carbons (Fsp3) is 0.286. The van der Waals surface area contributed by atoms with E-state index < -0.39 is 29.4 Å². The molecule has 7 nitrogen and oxygen atoms in total. The summed E-state index contributed by atoms with van der Waals surface area (Å²) in [6.45, 7) is 3.37. The van der Waals surface area contributed by atoms with Gasteiger partial charge in [0.15, 0.2) is 0 Å². The number of benzene rings is 1. The van der Waals surface area contributed by atoms with E-state index in [0.29, 0.717) is 16.3 Å². The molecule has 0 aliphatic carbocycles. The number of hydrogen-bond donors (Lipinski definition) is 4. The van der Waals surface area contributed by atoms with Crippen LogP contribution in [-0.2, 0) is 9.59 Å². The van der Waals surface area contributed by atoms with Crippen LogP contribution in [0.25, 0.3) is 0 Å². The first-order chi connectivity index (χ1) is 14.2. The topological polar surface area (TPSA) is 128 Å². The van der Waals surface area contributed by atoms with Crippen molar-refractivity contribution in [3.8, 4) is 6.07 Å². The number of thiophene rings is 1. The molecular weight excluding hydrogens is 420 g/mol. The Morgan fingerprint density at radius 1 is 1.37 bits per heavy atom. The molecule has 1 aliphatic heterocycles. The van der Waals surface area contributed by atoms with Crippen LogP contribution < -0.4 is 16.4 Å². The summed E-state index contributed by atoms with van der Waals surface area (Å²) in [7, 11) is 0. The lowest BCUT2D eigenvalue weighted by Crippen LogP contribution is -2.57. The van der Waals surface area contributed by atoms with Gasteiger partial charge in [-0.05, 0) is 36.9 Å². The molecule has 0 fully saturated rings. The van der Waals surface area contributed by atoms with Crippen LogP contribution in [0.1, 0.15) is 23.3 Å². The molecule has 3 atom stereocenters. The molecule has 2 amide bonds. The molecule has 1 aliphatic rings. The van der Waals surface area contributed by atoms with Crippen LogP contribution in [0, 0.1) is 24.2 Å². The number of primary amides is 1. The van der Waals surface area contributed by atoms with Gasteiger partial charge in [-0.3, -0.25) is 9.59 Å². The van der Waals surface area contributed by atoms with Crippen LogP contribution in [-0.4, -0.2) is 28.4 Å². The number of allylic oxidation sites excluding steroid dienone is 1. The maximum Gasteiger partial charge on any atom is 0.233 e. The fourth-order valence-corrected chi connectivity index (χ4v) is 5.26. The number of nitrogens with one attached hydrogen (secondary N) is 2. The summed E-state index contributed by atoms with van der Waals surface area (Å²) in [5.41, 5.74) is 5.40. The number of para-hydroxylation sites is 1. The lowest BCUT2D eigenvalue weighted by atomic mass is 9.76. The number of carbonyl (C=O) groups excluding carboxylic acids is 2. The molecule has 0 radical (unpaired) electrons. The number of thioether (sulfide) groups is 1. The number of anilines is 1. The molecule has 1 aromatic carbocycles. The average Bonchev–Trinajstić information content (AvgIpc) is 3.21. The minimum atomic E-state index is -1.66. The van der Waals surface area contributed by atoms with Crippen LogP contribution in [0.2, 0.25) is 0 Å². The highest BCUT2D eigenvalue weighted by Gasteiger charge is 2.50. The van der Waals surface area contributed by atoms with E-state index in [1.165, 1.54) is 18.3 Å². The number of amides is 2. The molecule has 156 valence electrons. The second kappa shape index (κ2) is 8.92. The van der Waals surface area contributed by atoms with Gasteiger partial charge in [-0.1, -0.05) is 36.0 Å². The molecule has 2 aromatic rings. The molecule has 5 N–H and O–H groups in total. The van der Waals surface area contributed by atoms with Crippen molar-refractivity contribution in [2.24, 2.45) is 11.7 Å². The first kappa shape index (κ1) is 21.9. The molecule has 0 spiro atoms. The lowest BCUT2D eigenvalue weighted by Gasteiger charge is -2.43. The molecule has 9 heteroatoms. The first-order valence-corrected chi connectivity index (χ1v) is 11.1. The smallest absolute Gasteiger partial charge is 0.233 e. The Morgan fingerprint density at radius 3 is 2.70 bits per heavy atom. The quantitative estimate of drug-likeness (QED) is 0.544. The summed E-state index contributed by atoms with van der Waals surface area (Å²) in [6.07, 6.45) is 0.